The van der Waals surface area contributed by atoms with E-state index in [4.69, 9.17) is 11.6 Å². The van der Waals surface area contributed by atoms with E-state index >= 15 is 0 Å². The fourth-order valence-electron chi connectivity index (χ4n) is 2.14. The number of aliphatic hydroxyl groups excluding tert-OH is 1. The molecule has 108 valence electrons. The van der Waals surface area contributed by atoms with Gasteiger partial charge in [0.05, 0.1) is 14.9 Å². The Balaban J connectivity index is 2.16. The first-order chi connectivity index (χ1) is 8.90. The lowest BCUT2D eigenvalue weighted by molar-refractivity contribution is 0.130. The van der Waals surface area contributed by atoms with E-state index in [0.29, 0.717) is 21.7 Å². The smallest absolute Gasteiger partial charge is 0.250 e. The molecular weight excluding hydrogens is 374 g/mol. The maximum absolute atomic E-state index is 12.2. The van der Waals surface area contributed by atoms with E-state index in [1.807, 2.05) is 0 Å². The van der Waals surface area contributed by atoms with E-state index in [9.17, 15) is 13.5 Å². The van der Waals surface area contributed by atoms with Crippen LogP contribution >= 0.6 is 38.9 Å². The van der Waals surface area contributed by atoms with Crippen molar-refractivity contribution in [2.24, 2.45) is 0 Å². The first kappa shape index (κ1) is 15.7. The van der Waals surface area contributed by atoms with Gasteiger partial charge in [-0.2, -0.15) is 0 Å². The molecule has 0 bridgehead atoms. The molecule has 0 radical (unpaired) electrons. The molecule has 1 aromatic heterocycles. The monoisotopic (exact) mass is 387 g/mol. The summed E-state index contributed by atoms with van der Waals surface area (Å²) in [6.45, 7) is 0. The Morgan fingerprint density at radius 3 is 2.68 bits per heavy atom. The van der Waals surface area contributed by atoms with Gasteiger partial charge in [-0.3, -0.25) is 0 Å². The highest BCUT2D eigenvalue weighted by Crippen LogP contribution is 2.34. The van der Waals surface area contributed by atoms with Gasteiger partial charge in [0.2, 0.25) is 10.0 Å². The van der Waals surface area contributed by atoms with Gasteiger partial charge in [0.1, 0.15) is 4.21 Å². The average molecular weight is 389 g/mol. The van der Waals surface area contributed by atoms with E-state index < -0.39 is 22.2 Å². The van der Waals surface area contributed by atoms with Crippen molar-refractivity contribution in [2.75, 3.05) is 0 Å². The molecule has 0 aromatic carbocycles. The molecule has 4 nitrogen and oxygen atoms in total. The Labute approximate surface area is 130 Å². The van der Waals surface area contributed by atoms with Crippen LogP contribution < -0.4 is 4.72 Å². The second kappa shape index (κ2) is 6.41. The number of sulfonamides is 1. The first-order valence-corrected chi connectivity index (χ1v) is 9.52. The van der Waals surface area contributed by atoms with Crippen LogP contribution in [-0.2, 0) is 10.0 Å². The minimum absolute atomic E-state index is 0.167. The van der Waals surface area contributed by atoms with Crippen molar-refractivity contribution in [3.05, 3.63) is 14.9 Å². The largest absolute Gasteiger partial charge is 0.391 e. The fourth-order valence-corrected chi connectivity index (χ4v) is 5.86. The molecule has 1 aliphatic rings. The molecule has 2 N–H and O–H groups in total. The topological polar surface area (TPSA) is 66.4 Å². The zero-order chi connectivity index (χ0) is 14.0. The van der Waals surface area contributed by atoms with Crippen LogP contribution in [0.3, 0.4) is 0 Å². The van der Waals surface area contributed by atoms with Crippen molar-refractivity contribution in [3.63, 3.8) is 0 Å². The molecule has 19 heavy (non-hydrogen) atoms. The average Bonchev–Trinajstić information content (AvgIpc) is 2.55. The second-order valence-electron chi connectivity index (χ2n) is 4.62. The highest BCUT2D eigenvalue weighted by molar-refractivity contribution is 9.11. The van der Waals surface area contributed by atoms with Crippen molar-refractivity contribution in [1.29, 1.82) is 0 Å². The summed E-state index contributed by atoms with van der Waals surface area (Å²) in [6.07, 6.45) is 3.60. The molecule has 2 rings (SSSR count). The lowest BCUT2D eigenvalue weighted by atomic mass is 10.1. The molecule has 0 amide bonds. The Kier molecular flexibility index (Phi) is 5.30. The summed E-state index contributed by atoms with van der Waals surface area (Å²) in [5.74, 6) is 0. The highest BCUT2D eigenvalue weighted by Gasteiger charge is 2.28. The summed E-state index contributed by atoms with van der Waals surface area (Å²) < 4.78 is 27.8. The minimum Gasteiger partial charge on any atom is -0.391 e. The van der Waals surface area contributed by atoms with Gasteiger partial charge in [-0.25, -0.2) is 13.1 Å². The van der Waals surface area contributed by atoms with Crippen LogP contribution in [0.4, 0.5) is 0 Å². The number of hydrogen-bond donors (Lipinski definition) is 2. The molecule has 0 spiro atoms. The molecule has 1 saturated carbocycles. The van der Waals surface area contributed by atoms with Crippen molar-refractivity contribution in [1.82, 2.24) is 4.72 Å². The van der Waals surface area contributed by atoms with Gasteiger partial charge in [0, 0.05) is 6.04 Å². The highest BCUT2D eigenvalue weighted by atomic mass is 79.9. The summed E-state index contributed by atoms with van der Waals surface area (Å²) >= 11 is 10.1. The maximum atomic E-state index is 12.2. The normalized spacial score (nSPS) is 25.2. The number of aliphatic hydroxyl groups is 1. The van der Waals surface area contributed by atoms with E-state index in [0.717, 1.165) is 30.6 Å². The molecule has 0 saturated heterocycles. The van der Waals surface area contributed by atoms with Gasteiger partial charge in [0.25, 0.3) is 0 Å². The van der Waals surface area contributed by atoms with E-state index in [1.54, 1.807) is 0 Å². The quantitative estimate of drug-likeness (QED) is 0.782. The number of rotatable bonds is 3. The van der Waals surface area contributed by atoms with Crippen molar-refractivity contribution in [3.8, 4) is 0 Å². The molecule has 1 aromatic rings. The van der Waals surface area contributed by atoms with Crippen LogP contribution in [0.25, 0.3) is 0 Å². The SMILES string of the molecule is O=S(=O)(NC1CCCCCC1O)c1cc(Cl)c(Br)s1. The van der Waals surface area contributed by atoms with E-state index in [1.165, 1.54) is 6.07 Å². The van der Waals surface area contributed by atoms with Crippen LogP contribution in [0.15, 0.2) is 14.1 Å². The van der Waals surface area contributed by atoms with Crippen LogP contribution in [0.5, 0.6) is 0 Å². The number of halogens is 2. The number of hydrogen-bond acceptors (Lipinski definition) is 4. The van der Waals surface area contributed by atoms with E-state index in [-0.39, 0.29) is 4.21 Å². The van der Waals surface area contributed by atoms with Crippen LogP contribution in [-0.4, -0.2) is 25.7 Å². The summed E-state index contributed by atoms with van der Waals surface area (Å²) in [5.41, 5.74) is 0. The van der Waals surface area contributed by atoms with Gasteiger partial charge in [-0.05, 0) is 34.8 Å². The second-order valence-corrected chi connectivity index (χ2v) is 9.34. The predicted molar refractivity (Wildman–Crippen MR) is 80.2 cm³/mol. The third-order valence-electron chi connectivity index (χ3n) is 3.17. The van der Waals surface area contributed by atoms with Gasteiger partial charge in [0.15, 0.2) is 0 Å². The van der Waals surface area contributed by atoms with Gasteiger partial charge >= 0.3 is 0 Å². The summed E-state index contributed by atoms with van der Waals surface area (Å²) in [7, 11) is -3.62. The van der Waals surface area contributed by atoms with Crippen LogP contribution in [0, 0.1) is 0 Å². The van der Waals surface area contributed by atoms with Crippen molar-refractivity contribution >= 4 is 48.9 Å². The molecule has 1 fully saturated rings. The van der Waals surface area contributed by atoms with Crippen molar-refractivity contribution in [2.45, 2.75) is 48.5 Å². The molecule has 2 atom stereocenters. The predicted octanol–water partition coefficient (Wildman–Crippen LogP) is 3.14. The molecule has 1 heterocycles. The zero-order valence-electron chi connectivity index (χ0n) is 10.1. The molecule has 0 aliphatic heterocycles. The maximum Gasteiger partial charge on any atom is 0.250 e. The molecule has 8 heteroatoms. The van der Waals surface area contributed by atoms with Crippen LogP contribution in [0.2, 0.25) is 5.02 Å². The van der Waals surface area contributed by atoms with Crippen LogP contribution in [0.1, 0.15) is 32.1 Å². The van der Waals surface area contributed by atoms with Gasteiger partial charge < -0.3 is 5.11 Å². The summed E-state index contributed by atoms with van der Waals surface area (Å²) in [6, 6.07) is 1.01. The lowest BCUT2D eigenvalue weighted by Gasteiger charge is -2.21. The molecule has 1 aliphatic carbocycles. The van der Waals surface area contributed by atoms with E-state index in [2.05, 4.69) is 20.7 Å². The van der Waals surface area contributed by atoms with Gasteiger partial charge in [-0.15, -0.1) is 11.3 Å². The Morgan fingerprint density at radius 1 is 1.37 bits per heavy atom. The third-order valence-corrected chi connectivity index (χ3v) is 7.61. The summed E-state index contributed by atoms with van der Waals surface area (Å²) in [5, 5.41) is 10.3. The first-order valence-electron chi connectivity index (χ1n) is 6.05. The number of thiophene rings is 1. The number of nitrogens with one attached hydrogen (secondary N) is 1. The van der Waals surface area contributed by atoms with Gasteiger partial charge in [-0.1, -0.05) is 30.9 Å². The Morgan fingerprint density at radius 2 is 2.05 bits per heavy atom. The lowest BCUT2D eigenvalue weighted by Crippen LogP contribution is -2.42. The Hall–Kier alpha value is 0.340. The third kappa shape index (κ3) is 3.92. The van der Waals surface area contributed by atoms with Crippen molar-refractivity contribution < 1.29 is 13.5 Å². The fraction of sp³-hybridized carbons (Fsp3) is 0.636. The standard InChI is InChI=1S/C11H15BrClNO3S2/c12-11-7(13)6-10(18-11)19(16,17)14-8-4-2-1-3-5-9(8)15/h6,8-9,14-15H,1-5H2. The summed E-state index contributed by atoms with van der Waals surface area (Å²) in [4.78, 5) is 0. The Bertz CT molecular complexity index is 527. The molecule has 2 unspecified atom stereocenters. The molecular formula is C11H15BrClNO3S2. The zero-order valence-corrected chi connectivity index (χ0v) is 14.1. The minimum atomic E-state index is -3.62.